The summed E-state index contributed by atoms with van der Waals surface area (Å²) in [5.74, 6) is 0.880. The molecule has 0 spiro atoms. The third kappa shape index (κ3) is 3.44. The fourth-order valence-electron chi connectivity index (χ4n) is 3.13. The Labute approximate surface area is 100 Å². The average molecular weight is 225 g/mol. The van der Waals surface area contributed by atoms with Crippen LogP contribution in [0.1, 0.15) is 25.7 Å². The smallest absolute Gasteiger partial charge is 0.0218 e. The van der Waals surface area contributed by atoms with Crippen LogP contribution in [0.15, 0.2) is 0 Å². The van der Waals surface area contributed by atoms with Crippen LogP contribution in [-0.2, 0) is 0 Å². The fourth-order valence-corrected chi connectivity index (χ4v) is 3.13. The zero-order chi connectivity index (χ0) is 11.4. The summed E-state index contributed by atoms with van der Waals surface area (Å²) in [6, 6.07) is 0.793. The van der Waals surface area contributed by atoms with Crippen LogP contribution in [0.5, 0.6) is 0 Å². The quantitative estimate of drug-likeness (QED) is 0.770. The lowest BCUT2D eigenvalue weighted by Crippen LogP contribution is -2.41. The van der Waals surface area contributed by atoms with Crippen LogP contribution in [0, 0.1) is 5.92 Å². The van der Waals surface area contributed by atoms with Crippen LogP contribution in [0.4, 0.5) is 0 Å². The van der Waals surface area contributed by atoms with Crippen LogP contribution in [0.25, 0.3) is 0 Å². The molecule has 2 fully saturated rings. The molecule has 0 bridgehead atoms. The fraction of sp³-hybridized carbons (Fsp3) is 1.00. The Hall–Kier alpha value is -0.120. The molecular formula is C13H27N3. The van der Waals surface area contributed by atoms with Gasteiger partial charge in [-0.2, -0.15) is 0 Å². The van der Waals surface area contributed by atoms with Crippen molar-refractivity contribution in [1.82, 2.24) is 15.1 Å². The molecule has 2 aliphatic rings. The van der Waals surface area contributed by atoms with Gasteiger partial charge in [-0.3, -0.25) is 0 Å². The summed E-state index contributed by atoms with van der Waals surface area (Å²) < 4.78 is 0. The Morgan fingerprint density at radius 2 is 1.88 bits per heavy atom. The molecule has 2 unspecified atom stereocenters. The van der Waals surface area contributed by atoms with E-state index in [-0.39, 0.29) is 0 Å². The monoisotopic (exact) mass is 225 g/mol. The van der Waals surface area contributed by atoms with E-state index in [1.807, 2.05) is 0 Å². The zero-order valence-electron chi connectivity index (χ0n) is 10.9. The largest absolute Gasteiger partial charge is 0.315 e. The van der Waals surface area contributed by atoms with Crippen molar-refractivity contribution in [3.8, 4) is 0 Å². The molecule has 2 heterocycles. The Bertz CT molecular complexity index is 207. The molecule has 3 nitrogen and oxygen atoms in total. The van der Waals surface area contributed by atoms with Crippen LogP contribution >= 0.6 is 0 Å². The molecule has 0 aromatic rings. The molecule has 16 heavy (non-hydrogen) atoms. The second kappa shape index (κ2) is 5.99. The van der Waals surface area contributed by atoms with Gasteiger partial charge in [0.15, 0.2) is 0 Å². The first-order chi connectivity index (χ1) is 7.75. The van der Waals surface area contributed by atoms with Crippen LogP contribution in [0.2, 0.25) is 0 Å². The number of hydrogen-bond donors (Lipinski definition) is 1. The van der Waals surface area contributed by atoms with Crippen molar-refractivity contribution in [1.29, 1.82) is 0 Å². The summed E-state index contributed by atoms with van der Waals surface area (Å²) in [6.07, 6.45) is 5.56. The zero-order valence-corrected chi connectivity index (χ0v) is 10.9. The van der Waals surface area contributed by atoms with Gasteiger partial charge in [0.05, 0.1) is 0 Å². The van der Waals surface area contributed by atoms with E-state index >= 15 is 0 Å². The van der Waals surface area contributed by atoms with Crippen molar-refractivity contribution < 1.29 is 0 Å². The van der Waals surface area contributed by atoms with E-state index in [0.717, 1.165) is 12.0 Å². The number of hydrogen-bond acceptors (Lipinski definition) is 3. The van der Waals surface area contributed by atoms with Crippen molar-refractivity contribution >= 4 is 0 Å². The van der Waals surface area contributed by atoms with Gasteiger partial charge in [-0.1, -0.05) is 0 Å². The minimum Gasteiger partial charge on any atom is -0.315 e. The highest BCUT2D eigenvalue weighted by molar-refractivity contribution is 4.79. The SMILES string of the molecule is CN1CCCC(CNCC2CCCN2C)C1. The number of nitrogens with one attached hydrogen (secondary N) is 1. The third-order valence-corrected chi connectivity index (χ3v) is 4.21. The van der Waals surface area contributed by atoms with E-state index in [1.165, 1.54) is 58.4 Å². The van der Waals surface area contributed by atoms with E-state index < -0.39 is 0 Å². The van der Waals surface area contributed by atoms with Crippen molar-refractivity contribution in [3.63, 3.8) is 0 Å². The Morgan fingerprint density at radius 3 is 2.56 bits per heavy atom. The highest BCUT2D eigenvalue weighted by Crippen LogP contribution is 2.15. The summed E-state index contributed by atoms with van der Waals surface area (Å²) in [7, 11) is 4.50. The number of piperidine rings is 1. The van der Waals surface area contributed by atoms with Crippen molar-refractivity contribution in [2.45, 2.75) is 31.7 Å². The summed E-state index contributed by atoms with van der Waals surface area (Å²) >= 11 is 0. The molecule has 2 saturated heterocycles. The van der Waals surface area contributed by atoms with E-state index in [0.29, 0.717) is 0 Å². The molecule has 0 amide bonds. The van der Waals surface area contributed by atoms with E-state index in [2.05, 4.69) is 29.2 Å². The lowest BCUT2D eigenvalue weighted by molar-refractivity contribution is 0.202. The van der Waals surface area contributed by atoms with Gasteiger partial charge in [0.1, 0.15) is 0 Å². The van der Waals surface area contributed by atoms with Gasteiger partial charge in [0, 0.05) is 19.1 Å². The summed E-state index contributed by atoms with van der Waals surface area (Å²) in [6.45, 7) is 6.28. The maximum atomic E-state index is 3.68. The average Bonchev–Trinajstić information content (AvgIpc) is 2.65. The van der Waals surface area contributed by atoms with Crippen LogP contribution < -0.4 is 5.32 Å². The van der Waals surface area contributed by atoms with E-state index in [4.69, 9.17) is 0 Å². The van der Waals surface area contributed by atoms with Crippen molar-refractivity contribution in [3.05, 3.63) is 0 Å². The number of likely N-dealkylation sites (N-methyl/N-ethyl adjacent to an activating group) is 1. The lowest BCUT2D eigenvalue weighted by atomic mass is 9.98. The second-order valence-corrected chi connectivity index (χ2v) is 5.71. The first-order valence-corrected chi connectivity index (χ1v) is 6.85. The molecule has 0 aromatic heterocycles. The molecule has 2 atom stereocenters. The molecule has 0 aliphatic carbocycles. The van der Waals surface area contributed by atoms with Crippen molar-refractivity contribution in [2.75, 3.05) is 46.8 Å². The normalized spacial score (nSPS) is 33.4. The van der Waals surface area contributed by atoms with E-state index in [9.17, 15) is 0 Å². The molecule has 0 aromatic carbocycles. The predicted octanol–water partition coefficient (Wildman–Crippen LogP) is 1.01. The van der Waals surface area contributed by atoms with Gasteiger partial charge in [-0.25, -0.2) is 0 Å². The topological polar surface area (TPSA) is 18.5 Å². The molecule has 94 valence electrons. The third-order valence-electron chi connectivity index (χ3n) is 4.21. The molecular weight excluding hydrogens is 198 g/mol. The standard InChI is InChI=1S/C13H27N3/c1-15-7-3-5-12(11-15)9-14-10-13-6-4-8-16(13)2/h12-14H,3-11H2,1-2H3. The highest BCUT2D eigenvalue weighted by Gasteiger charge is 2.21. The molecule has 0 radical (unpaired) electrons. The maximum Gasteiger partial charge on any atom is 0.0218 e. The van der Waals surface area contributed by atoms with Gasteiger partial charge in [-0.15, -0.1) is 0 Å². The van der Waals surface area contributed by atoms with Crippen LogP contribution in [0.3, 0.4) is 0 Å². The Morgan fingerprint density at radius 1 is 1.06 bits per heavy atom. The lowest BCUT2D eigenvalue weighted by Gasteiger charge is -2.30. The highest BCUT2D eigenvalue weighted by atomic mass is 15.2. The molecule has 1 N–H and O–H groups in total. The first kappa shape index (κ1) is 12.3. The Kier molecular flexibility index (Phi) is 4.62. The molecule has 0 saturated carbocycles. The van der Waals surface area contributed by atoms with Gasteiger partial charge in [0.2, 0.25) is 0 Å². The first-order valence-electron chi connectivity index (χ1n) is 6.85. The molecule has 2 aliphatic heterocycles. The number of nitrogens with zero attached hydrogens (tertiary/aromatic N) is 2. The predicted molar refractivity (Wildman–Crippen MR) is 68.7 cm³/mol. The molecule has 2 rings (SSSR count). The summed E-state index contributed by atoms with van der Waals surface area (Å²) in [4.78, 5) is 4.97. The Balaban J connectivity index is 1.60. The minimum absolute atomic E-state index is 0.793. The second-order valence-electron chi connectivity index (χ2n) is 5.71. The number of likely N-dealkylation sites (tertiary alicyclic amines) is 2. The van der Waals surface area contributed by atoms with Gasteiger partial charge in [-0.05, 0) is 65.3 Å². The summed E-state index contributed by atoms with van der Waals surface area (Å²) in [5.41, 5.74) is 0. The van der Waals surface area contributed by atoms with E-state index in [1.54, 1.807) is 0 Å². The van der Waals surface area contributed by atoms with Gasteiger partial charge >= 0.3 is 0 Å². The number of rotatable bonds is 4. The van der Waals surface area contributed by atoms with Crippen LogP contribution in [-0.4, -0.2) is 62.7 Å². The van der Waals surface area contributed by atoms with Gasteiger partial charge < -0.3 is 15.1 Å². The minimum atomic E-state index is 0.793. The van der Waals surface area contributed by atoms with Crippen molar-refractivity contribution in [2.24, 2.45) is 5.92 Å². The summed E-state index contributed by atoms with van der Waals surface area (Å²) in [5, 5.41) is 3.68. The molecule has 3 heteroatoms. The van der Waals surface area contributed by atoms with Gasteiger partial charge in [0.25, 0.3) is 0 Å². The maximum absolute atomic E-state index is 3.68.